The molecule has 1 aliphatic carbocycles. The van der Waals surface area contributed by atoms with E-state index in [0.717, 1.165) is 47.0 Å². The summed E-state index contributed by atoms with van der Waals surface area (Å²) >= 11 is 13.8. The number of halogens is 2. The van der Waals surface area contributed by atoms with E-state index < -0.39 is 0 Å². The number of carbonyl (C=O) groups excluding carboxylic acids is 1. The summed E-state index contributed by atoms with van der Waals surface area (Å²) in [5.74, 6) is 0.0199. The normalized spacial score (nSPS) is 26.0. The molecule has 7 nitrogen and oxygen atoms in total. The molecule has 3 heterocycles. The molecule has 222 valence electrons. The largest absolute Gasteiger partial charge is 0.475 e. The highest BCUT2D eigenvalue weighted by atomic mass is 35.5. The lowest BCUT2D eigenvalue weighted by Gasteiger charge is -2.46. The van der Waals surface area contributed by atoms with Crippen molar-refractivity contribution in [3.63, 3.8) is 0 Å². The zero-order chi connectivity index (χ0) is 30.2. The number of aliphatic imine (C=N–C) groups is 1. The topological polar surface area (TPSA) is 72.2 Å². The van der Waals surface area contributed by atoms with Crippen LogP contribution in [-0.4, -0.2) is 84.5 Å². The van der Waals surface area contributed by atoms with Crippen LogP contribution in [0.2, 0.25) is 5.02 Å². The number of likely N-dealkylation sites (tertiary alicyclic amines) is 1. The molecule has 1 amide bonds. The Morgan fingerprint density at radius 3 is 2.67 bits per heavy atom. The van der Waals surface area contributed by atoms with Crippen molar-refractivity contribution in [1.82, 2.24) is 14.7 Å². The van der Waals surface area contributed by atoms with Crippen LogP contribution >= 0.6 is 23.2 Å². The van der Waals surface area contributed by atoms with Crippen LogP contribution in [-0.2, 0) is 9.53 Å². The second-order valence-corrected chi connectivity index (χ2v) is 12.5. The van der Waals surface area contributed by atoms with Crippen molar-refractivity contribution in [3.05, 3.63) is 88.1 Å². The van der Waals surface area contributed by atoms with Crippen LogP contribution in [0, 0.1) is 17.2 Å². The first-order valence-corrected chi connectivity index (χ1v) is 15.6. The molecular weight excluding hydrogens is 581 g/mol. The third-order valence-corrected chi connectivity index (χ3v) is 9.75. The first kappa shape index (κ1) is 29.5. The van der Waals surface area contributed by atoms with Gasteiger partial charge in [0.05, 0.1) is 6.04 Å². The van der Waals surface area contributed by atoms with Gasteiger partial charge in [0, 0.05) is 58.8 Å². The van der Waals surface area contributed by atoms with Gasteiger partial charge in [0.2, 0.25) is 11.8 Å². The summed E-state index contributed by atoms with van der Waals surface area (Å²) in [4.78, 5) is 23.8. The van der Waals surface area contributed by atoms with E-state index in [-0.39, 0.29) is 30.0 Å². The number of amides is 1. The SMILES string of the molecule is C=CC(=O)N1CCN(C2=C(C#N)C(OC[C@@H]3CCCN3C)=NC3C=C(c4cccc5cccc(Cl)c45)C(Cl)=CC23)[C@@H](C)C1. The molecular formula is C34H35Cl2N5O2. The van der Waals surface area contributed by atoms with E-state index in [2.05, 4.69) is 42.5 Å². The standard InChI is InChI=1S/C34H35Cl2N5O2/c1-4-31(42)40-14-15-41(21(2)19-40)33-26-16-29(36)25(24-11-5-8-22-9-6-12-28(35)32(22)24)17-30(26)38-34(27(33)18-37)43-20-23-10-7-13-39(23)3/h4-6,8-9,11-12,16-17,21,23,26,30H,1,7,10,13-15,19-20H2,2-3H3/t21-,23-,26?,30?/m0/s1. The van der Waals surface area contributed by atoms with E-state index in [1.807, 2.05) is 42.5 Å². The van der Waals surface area contributed by atoms with Crippen LogP contribution < -0.4 is 0 Å². The van der Waals surface area contributed by atoms with Crippen molar-refractivity contribution in [1.29, 1.82) is 5.26 Å². The van der Waals surface area contributed by atoms with E-state index in [9.17, 15) is 10.1 Å². The fourth-order valence-electron chi connectivity index (χ4n) is 6.83. The number of carbonyl (C=O) groups is 1. The summed E-state index contributed by atoms with van der Waals surface area (Å²) < 4.78 is 6.40. The minimum absolute atomic E-state index is 0.0357. The van der Waals surface area contributed by atoms with Gasteiger partial charge in [-0.05, 0) is 68.1 Å². The van der Waals surface area contributed by atoms with Gasteiger partial charge in [0.1, 0.15) is 18.2 Å². The van der Waals surface area contributed by atoms with Crippen LogP contribution in [0.3, 0.4) is 0 Å². The van der Waals surface area contributed by atoms with E-state index >= 15 is 0 Å². The second kappa shape index (κ2) is 12.2. The van der Waals surface area contributed by atoms with Crippen LogP contribution in [0.15, 0.2) is 82.5 Å². The Morgan fingerprint density at radius 2 is 1.98 bits per heavy atom. The molecule has 4 atom stereocenters. The quantitative estimate of drug-likeness (QED) is 0.385. The predicted octanol–water partition coefficient (Wildman–Crippen LogP) is 6.02. The summed E-state index contributed by atoms with van der Waals surface area (Å²) in [6.45, 7) is 8.86. The number of allylic oxidation sites excluding steroid dienone is 2. The molecule has 0 aromatic heterocycles. The zero-order valence-corrected chi connectivity index (χ0v) is 26.0. The van der Waals surface area contributed by atoms with Gasteiger partial charge >= 0.3 is 0 Å². The zero-order valence-electron chi connectivity index (χ0n) is 24.5. The first-order valence-electron chi connectivity index (χ1n) is 14.8. The maximum absolute atomic E-state index is 12.4. The van der Waals surface area contributed by atoms with Crippen molar-refractivity contribution in [2.45, 2.75) is 37.9 Å². The number of hydrogen-bond acceptors (Lipinski definition) is 6. The van der Waals surface area contributed by atoms with Crippen LogP contribution in [0.25, 0.3) is 16.3 Å². The minimum Gasteiger partial charge on any atom is -0.475 e. The molecule has 3 aliphatic heterocycles. The fourth-order valence-corrected chi connectivity index (χ4v) is 7.42. The lowest BCUT2D eigenvalue weighted by molar-refractivity contribution is -0.128. The van der Waals surface area contributed by atoms with Gasteiger partial charge in [0.25, 0.3) is 0 Å². The van der Waals surface area contributed by atoms with E-state index in [0.29, 0.717) is 47.8 Å². The number of piperazine rings is 1. The Labute approximate surface area is 263 Å². The number of hydrogen-bond donors (Lipinski definition) is 0. The lowest BCUT2D eigenvalue weighted by Crippen LogP contribution is -2.55. The van der Waals surface area contributed by atoms with Crippen LogP contribution in [0.5, 0.6) is 0 Å². The number of nitriles is 1. The maximum atomic E-state index is 12.4. The average Bonchev–Trinajstić information content (AvgIpc) is 3.43. The molecule has 6 rings (SSSR count). The number of ether oxygens (including phenoxy) is 1. The molecule has 0 bridgehead atoms. The second-order valence-electron chi connectivity index (χ2n) is 11.7. The van der Waals surface area contributed by atoms with Crippen molar-refractivity contribution < 1.29 is 9.53 Å². The summed E-state index contributed by atoms with van der Waals surface area (Å²) in [5.41, 5.74) is 3.08. The fraction of sp³-hybridized carbons (Fsp3) is 0.382. The lowest BCUT2D eigenvalue weighted by atomic mass is 9.81. The Hall–Kier alpha value is -3.57. The Morgan fingerprint density at radius 1 is 1.19 bits per heavy atom. The molecule has 0 saturated carbocycles. The van der Waals surface area contributed by atoms with Crippen molar-refractivity contribution in [3.8, 4) is 6.07 Å². The van der Waals surface area contributed by atoms with Crippen LogP contribution in [0.1, 0.15) is 25.3 Å². The number of nitrogens with zero attached hydrogens (tertiary/aromatic N) is 5. The smallest absolute Gasteiger partial charge is 0.246 e. The van der Waals surface area contributed by atoms with Gasteiger partial charge in [-0.15, -0.1) is 0 Å². The highest BCUT2D eigenvalue weighted by molar-refractivity contribution is 6.39. The van der Waals surface area contributed by atoms with Crippen molar-refractivity contribution in [2.75, 3.05) is 39.8 Å². The van der Waals surface area contributed by atoms with Gasteiger partial charge in [-0.1, -0.05) is 66.2 Å². The van der Waals surface area contributed by atoms with Gasteiger partial charge in [0.15, 0.2) is 0 Å². The van der Waals surface area contributed by atoms with Gasteiger partial charge in [-0.2, -0.15) is 5.26 Å². The molecule has 2 saturated heterocycles. The van der Waals surface area contributed by atoms with Crippen molar-refractivity contribution in [2.24, 2.45) is 10.9 Å². The number of rotatable bonds is 5. The summed E-state index contributed by atoms with van der Waals surface area (Å²) in [5, 5.41) is 13.8. The van der Waals surface area contributed by atoms with Gasteiger partial charge in [-0.25, -0.2) is 4.99 Å². The predicted molar refractivity (Wildman–Crippen MR) is 173 cm³/mol. The van der Waals surface area contributed by atoms with Gasteiger partial charge < -0.3 is 19.4 Å². The minimum atomic E-state index is -0.335. The highest BCUT2D eigenvalue weighted by Crippen LogP contribution is 2.44. The molecule has 0 radical (unpaired) electrons. The van der Waals surface area contributed by atoms with E-state index in [1.165, 1.54) is 6.08 Å². The first-order chi connectivity index (χ1) is 20.8. The highest BCUT2D eigenvalue weighted by Gasteiger charge is 2.41. The number of fused-ring (bicyclic) bond motifs is 2. The maximum Gasteiger partial charge on any atom is 0.246 e. The summed E-state index contributed by atoms with van der Waals surface area (Å²) in [6, 6.07) is 14.3. The Bertz CT molecular complexity index is 1630. The number of likely N-dealkylation sites (N-methyl/N-ethyl adjacent to an activating group) is 1. The molecule has 9 heteroatoms. The van der Waals surface area contributed by atoms with Crippen LogP contribution in [0.4, 0.5) is 0 Å². The third-order valence-electron chi connectivity index (χ3n) is 9.10. The number of benzene rings is 2. The summed E-state index contributed by atoms with van der Waals surface area (Å²) in [6.07, 6.45) is 7.64. The Balaban J connectivity index is 1.42. The van der Waals surface area contributed by atoms with E-state index in [4.69, 9.17) is 32.9 Å². The molecule has 2 aromatic rings. The molecule has 2 fully saturated rings. The monoisotopic (exact) mass is 615 g/mol. The Kier molecular flexibility index (Phi) is 8.37. The molecule has 43 heavy (non-hydrogen) atoms. The molecule has 2 aromatic carbocycles. The molecule has 0 N–H and O–H groups in total. The average molecular weight is 617 g/mol. The number of dihydropyridines is 1. The third kappa shape index (κ3) is 5.48. The van der Waals surface area contributed by atoms with Gasteiger partial charge in [-0.3, -0.25) is 4.79 Å². The molecule has 4 aliphatic rings. The van der Waals surface area contributed by atoms with Crippen molar-refractivity contribution >= 4 is 51.4 Å². The summed E-state index contributed by atoms with van der Waals surface area (Å²) in [7, 11) is 2.11. The molecule has 2 unspecified atom stereocenters. The van der Waals surface area contributed by atoms with E-state index in [1.54, 1.807) is 4.90 Å². The molecule has 0 spiro atoms.